The summed E-state index contributed by atoms with van der Waals surface area (Å²) in [6, 6.07) is 4.96. The fourth-order valence-corrected chi connectivity index (χ4v) is 4.74. The van der Waals surface area contributed by atoms with Gasteiger partial charge in [-0.15, -0.1) is 0 Å². The fourth-order valence-electron chi connectivity index (χ4n) is 3.48. The van der Waals surface area contributed by atoms with E-state index < -0.39 is 26.8 Å². The van der Waals surface area contributed by atoms with Crippen molar-refractivity contribution < 1.29 is 17.6 Å². The Balaban J connectivity index is 1.91. The summed E-state index contributed by atoms with van der Waals surface area (Å²) in [5, 5.41) is 3.18. The molecule has 0 radical (unpaired) electrons. The van der Waals surface area contributed by atoms with E-state index in [9.17, 15) is 17.6 Å². The first-order chi connectivity index (χ1) is 14.0. The average molecular weight is 451 g/mol. The van der Waals surface area contributed by atoms with E-state index in [2.05, 4.69) is 5.32 Å². The monoisotopic (exact) mass is 450 g/mol. The van der Waals surface area contributed by atoms with Gasteiger partial charge >= 0.3 is 6.03 Å². The molecule has 30 heavy (non-hydrogen) atoms. The SMILES string of the molecule is CC(C)c1cc(Cl)cc(C(C)C)c1NC(=O)NS(=O)(=O)c1cc2c(cc1F)C=CC2. The third kappa shape index (κ3) is 4.52. The Morgan fingerprint density at radius 3 is 2.23 bits per heavy atom. The molecule has 0 unspecified atom stereocenters. The molecule has 0 saturated heterocycles. The molecular formula is C22H24ClFN2O3S. The van der Waals surface area contributed by atoms with Crippen LogP contribution in [0.3, 0.4) is 0 Å². The lowest BCUT2D eigenvalue weighted by Crippen LogP contribution is -2.35. The van der Waals surface area contributed by atoms with Crippen molar-refractivity contribution in [3.63, 3.8) is 0 Å². The number of benzene rings is 2. The van der Waals surface area contributed by atoms with E-state index >= 15 is 0 Å². The highest BCUT2D eigenvalue weighted by Gasteiger charge is 2.25. The number of nitrogens with one attached hydrogen (secondary N) is 2. The Labute approximate surface area is 181 Å². The lowest BCUT2D eigenvalue weighted by atomic mass is 9.92. The molecule has 0 heterocycles. The quantitative estimate of drug-likeness (QED) is 0.603. The van der Waals surface area contributed by atoms with Gasteiger partial charge in [0.2, 0.25) is 0 Å². The van der Waals surface area contributed by atoms with Crippen LogP contribution in [0.1, 0.15) is 61.8 Å². The molecule has 0 aliphatic heterocycles. The van der Waals surface area contributed by atoms with Crippen molar-refractivity contribution in [2.24, 2.45) is 0 Å². The zero-order valence-corrected chi connectivity index (χ0v) is 18.8. The Morgan fingerprint density at radius 1 is 1.07 bits per heavy atom. The van der Waals surface area contributed by atoms with E-state index in [-0.39, 0.29) is 11.8 Å². The minimum Gasteiger partial charge on any atom is -0.307 e. The lowest BCUT2D eigenvalue weighted by molar-refractivity contribution is 0.256. The van der Waals surface area contributed by atoms with E-state index in [1.807, 2.05) is 38.5 Å². The molecule has 2 N–H and O–H groups in total. The molecule has 1 aliphatic carbocycles. The van der Waals surface area contributed by atoms with Crippen molar-refractivity contribution in [2.45, 2.75) is 50.8 Å². The molecule has 0 atom stereocenters. The summed E-state index contributed by atoms with van der Waals surface area (Å²) in [5.41, 5.74) is 3.41. The molecule has 2 aromatic carbocycles. The number of carbonyl (C=O) groups excluding carboxylic acids is 1. The second kappa shape index (κ2) is 8.40. The fraction of sp³-hybridized carbons (Fsp3) is 0.318. The smallest absolute Gasteiger partial charge is 0.307 e. The maximum absolute atomic E-state index is 14.4. The largest absolute Gasteiger partial charge is 0.333 e. The van der Waals surface area contributed by atoms with E-state index in [4.69, 9.17) is 11.6 Å². The molecule has 2 amide bonds. The van der Waals surface area contributed by atoms with E-state index in [1.165, 1.54) is 6.07 Å². The molecular weight excluding hydrogens is 427 g/mol. The minimum atomic E-state index is -4.40. The highest BCUT2D eigenvalue weighted by Crippen LogP contribution is 2.35. The lowest BCUT2D eigenvalue weighted by Gasteiger charge is -2.21. The van der Waals surface area contributed by atoms with Gasteiger partial charge in [0.1, 0.15) is 10.7 Å². The molecule has 0 bridgehead atoms. The molecule has 1 aliphatic rings. The molecule has 3 rings (SSSR count). The first-order valence-corrected chi connectivity index (χ1v) is 11.5. The summed E-state index contributed by atoms with van der Waals surface area (Å²) in [6.07, 6.45) is 4.07. The number of amides is 2. The average Bonchev–Trinajstić information content (AvgIpc) is 3.08. The van der Waals surface area contributed by atoms with Crippen LogP contribution in [0.2, 0.25) is 5.02 Å². The first kappa shape index (κ1) is 22.3. The van der Waals surface area contributed by atoms with Gasteiger partial charge in [-0.25, -0.2) is 22.3 Å². The molecule has 2 aromatic rings. The zero-order valence-electron chi connectivity index (χ0n) is 17.2. The summed E-state index contributed by atoms with van der Waals surface area (Å²) < 4.78 is 41.7. The predicted octanol–water partition coefficient (Wildman–Crippen LogP) is 5.81. The molecule has 5 nitrogen and oxygen atoms in total. The molecule has 0 saturated carbocycles. The number of allylic oxidation sites excluding steroid dienone is 1. The van der Waals surface area contributed by atoms with Gasteiger partial charge in [-0.05, 0) is 64.8 Å². The summed E-state index contributed by atoms with van der Waals surface area (Å²) in [4.78, 5) is 12.1. The van der Waals surface area contributed by atoms with E-state index in [0.717, 1.165) is 17.2 Å². The Morgan fingerprint density at radius 2 is 1.67 bits per heavy atom. The van der Waals surface area contributed by atoms with Crippen LogP contribution in [-0.4, -0.2) is 14.4 Å². The van der Waals surface area contributed by atoms with Crippen LogP contribution in [0.25, 0.3) is 6.08 Å². The van der Waals surface area contributed by atoms with Crippen LogP contribution < -0.4 is 10.0 Å². The molecule has 0 aromatic heterocycles. The van der Waals surface area contributed by atoms with Gasteiger partial charge in [-0.1, -0.05) is 51.4 Å². The number of sulfonamides is 1. The Bertz CT molecular complexity index is 1110. The van der Waals surface area contributed by atoms with Crippen LogP contribution in [0.15, 0.2) is 35.2 Å². The number of hydrogen-bond donors (Lipinski definition) is 2. The maximum atomic E-state index is 14.4. The number of carbonyl (C=O) groups is 1. The highest BCUT2D eigenvalue weighted by atomic mass is 35.5. The van der Waals surface area contributed by atoms with Crippen LogP contribution in [0.5, 0.6) is 0 Å². The van der Waals surface area contributed by atoms with Gasteiger partial charge in [-0.3, -0.25) is 0 Å². The number of rotatable bonds is 5. The summed E-state index contributed by atoms with van der Waals surface area (Å²) in [7, 11) is -4.40. The van der Waals surface area contributed by atoms with Crippen molar-refractivity contribution in [1.82, 2.24) is 4.72 Å². The second-order valence-corrected chi connectivity index (χ2v) is 10.0. The number of anilines is 1. The van der Waals surface area contributed by atoms with Crippen molar-refractivity contribution in [3.05, 3.63) is 63.4 Å². The maximum Gasteiger partial charge on any atom is 0.333 e. The van der Waals surface area contributed by atoms with Gasteiger partial charge in [0.05, 0.1) is 0 Å². The number of urea groups is 1. The Kier molecular flexibility index (Phi) is 6.24. The molecule has 0 spiro atoms. The van der Waals surface area contributed by atoms with Gasteiger partial charge in [-0.2, -0.15) is 0 Å². The third-order valence-corrected chi connectivity index (χ3v) is 6.56. The van der Waals surface area contributed by atoms with Crippen molar-refractivity contribution in [1.29, 1.82) is 0 Å². The van der Waals surface area contributed by atoms with Gasteiger partial charge in [0, 0.05) is 10.7 Å². The zero-order chi connectivity index (χ0) is 22.2. The molecule has 8 heteroatoms. The minimum absolute atomic E-state index is 0.0368. The first-order valence-electron chi connectivity index (χ1n) is 9.65. The van der Waals surface area contributed by atoms with E-state index in [0.29, 0.717) is 28.3 Å². The number of fused-ring (bicyclic) bond motifs is 1. The van der Waals surface area contributed by atoms with Crippen LogP contribution in [0, 0.1) is 5.82 Å². The van der Waals surface area contributed by atoms with Crippen LogP contribution in [0.4, 0.5) is 14.9 Å². The molecule has 160 valence electrons. The summed E-state index contributed by atoms with van der Waals surface area (Å²) >= 11 is 6.23. The summed E-state index contributed by atoms with van der Waals surface area (Å²) in [5.74, 6) is -0.831. The highest BCUT2D eigenvalue weighted by molar-refractivity contribution is 7.90. The normalized spacial score (nSPS) is 13.1. The number of halogens is 2. The standard InChI is InChI=1S/C22H24ClFN2O3S/c1-12(2)17-10-16(23)11-18(13(3)4)21(17)25-22(27)26-30(28,29)20-9-15-7-5-6-14(15)8-19(20)24/h5-6,8-13H,7H2,1-4H3,(H2,25,26,27). The molecule has 0 fully saturated rings. The van der Waals surface area contributed by atoms with Gasteiger partial charge in [0.25, 0.3) is 10.0 Å². The second-order valence-electron chi connectivity index (χ2n) is 7.92. The van der Waals surface area contributed by atoms with Crippen molar-refractivity contribution >= 4 is 39.4 Å². The van der Waals surface area contributed by atoms with E-state index in [1.54, 1.807) is 18.2 Å². The Hall–Kier alpha value is -2.38. The van der Waals surface area contributed by atoms with Crippen LogP contribution in [-0.2, 0) is 16.4 Å². The third-order valence-electron chi connectivity index (χ3n) is 4.99. The van der Waals surface area contributed by atoms with Crippen LogP contribution >= 0.6 is 11.6 Å². The van der Waals surface area contributed by atoms with Crippen molar-refractivity contribution in [3.8, 4) is 0 Å². The topological polar surface area (TPSA) is 75.3 Å². The van der Waals surface area contributed by atoms with Crippen molar-refractivity contribution in [2.75, 3.05) is 5.32 Å². The predicted molar refractivity (Wildman–Crippen MR) is 118 cm³/mol. The summed E-state index contributed by atoms with van der Waals surface area (Å²) in [6.45, 7) is 7.79. The van der Waals surface area contributed by atoms with Gasteiger partial charge in [0.15, 0.2) is 0 Å². The number of hydrogen-bond acceptors (Lipinski definition) is 3. The van der Waals surface area contributed by atoms with Gasteiger partial charge < -0.3 is 5.32 Å².